The number of benzene rings is 2. The summed E-state index contributed by atoms with van der Waals surface area (Å²) in [6.07, 6.45) is 0. The highest BCUT2D eigenvalue weighted by Gasteiger charge is 2.47. The third-order valence-electron chi connectivity index (χ3n) is 5.76. The number of thioether (sulfide) groups is 1. The van der Waals surface area contributed by atoms with Crippen LogP contribution in [0.2, 0.25) is 10.0 Å². The van der Waals surface area contributed by atoms with Crippen LogP contribution in [0, 0.1) is 13.8 Å². The van der Waals surface area contributed by atoms with Crippen molar-refractivity contribution in [2.45, 2.75) is 30.0 Å². The molecule has 0 saturated carbocycles. The average molecular weight is 572 g/mol. The summed E-state index contributed by atoms with van der Waals surface area (Å²) < 4.78 is 6.12. The van der Waals surface area contributed by atoms with Crippen molar-refractivity contribution in [1.82, 2.24) is 10.2 Å². The predicted molar refractivity (Wildman–Crippen MR) is 145 cm³/mol. The number of carbonyl (C=O) groups is 2. The first-order chi connectivity index (χ1) is 17.7. The van der Waals surface area contributed by atoms with E-state index in [0.29, 0.717) is 26.4 Å². The fourth-order valence-electron chi connectivity index (χ4n) is 3.93. The maximum absolute atomic E-state index is 13.4. The standard InChI is InChI=1S/C26H19Cl2N3O4S2/c1-13-3-6-15(7-4-13)12-36-26-30-29-25(37-26)31-21(17-9-8-16(27)11-18(17)28)20(23(33)24(31)34)22(32)19-10-5-14(2)35-19/h3-11,21,33H,12H2,1-2H3. The molecule has 0 aliphatic carbocycles. The van der Waals surface area contributed by atoms with Gasteiger partial charge in [-0.25, -0.2) is 0 Å². The summed E-state index contributed by atoms with van der Waals surface area (Å²) in [7, 11) is 0. The van der Waals surface area contributed by atoms with Crippen LogP contribution in [0.15, 0.2) is 74.7 Å². The molecule has 11 heteroatoms. The Morgan fingerprint density at radius 1 is 1.11 bits per heavy atom. The zero-order valence-corrected chi connectivity index (χ0v) is 22.7. The molecule has 1 amide bonds. The fourth-order valence-corrected chi connectivity index (χ4v) is 6.26. The molecule has 188 valence electrons. The van der Waals surface area contributed by atoms with Gasteiger partial charge in [-0.1, -0.05) is 82.2 Å². The van der Waals surface area contributed by atoms with Gasteiger partial charge in [-0.3, -0.25) is 14.5 Å². The Labute approximate surface area is 230 Å². The second-order valence-electron chi connectivity index (χ2n) is 8.37. The summed E-state index contributed by atoms with van der Waals surface area (Å²) in [5.74, 6) is -0.926. The quantitative estimate of drug-likeness (QED) is 0.143. The molecule has 2 aromatic carbocycles. The van der Waals surface area contributed by atoms with Gasteiger partial charge in [0.15, 0.2) is 15.9 Å². The van der Waals surface area contributed by atoms with Gasteiger partial charge < -0.3 is 9.52 Å². The van der Waals surface area contributed by atoms with Crippen LogP contribution in [0.25, 0.3) is 0 Å². The number of anilines is 1. The molecular formula is C26H19Cl2N3O4S2. The van der Waals surface area contributed by atoms with Gasteiger partial charge in [-0.05, 0) is 49.2 Å². The number of Topliss-reactive ketones (excluding diaryl/α,β-unsaturated/α-hetero) is 1. The average Bonchev–Trinajstić information content (AvgIpc) is 3.57. The van der Waals surface area contributed by atoms with Gasteiger partial charge in [-0.2, -0.15) is 0 Å². The molecule has 1 N–H and O–H groups in total. The number of furan rings is 1. The first-order valence-electron chi connectivity index (χ1n) is 11.1. The Hall–Kier alpha value is -3.11. The van der Waals surface area contributed by atoms with E-state index in [2.05, 4.69) is 10.2 Å². The summed E-state index contributed by atoms with van der Waals surface area (Å²) in [5.41, 5.74) is 2.54. The molecule has 5 rings (SSSR count). The minimum absolute atomic E-state index is 0.00427. The van der Waals surface area contributed by atoms with Crippen molar-refractivity contribution in [1.29, 1.82) is 0 Å². The third kappa shape index (κ3) is 5.04. The molecule has 4 aromatic rings. The molecule has 0 bridgehead atoms. The SMILES string of the molecule is Cc1ccc(CSc2nnc(N3C(=O)C(O)=C(C(=O)c4ccc(C)o4)C3c3ccc(Cl)cc3Cl)s2)cc1. The first kappa shape index (κ1) is 25.5. The molecule has 0 fully saturated rings. The second kappa shape index (κ2) is 10.3. The number of ketones is 1. The van der Waals surface area contributed by atoms with E-state index in [9.17, 15) is 14.7 Å². The van der Waals surface area contributed by atoms with Gasteiger partial charge in [0.05, 0.1) is 11.6 Å². The highest BCUT2D eigenvalue weighted by molar-refractivity contribution is 8.00. The van der Waals surface area contributed by atoms with Crippen LogP contribution in [-0.2, 0) is 10.5 Å². The molecule has 1 atom stereocenters. The fraction of sp³-hybridized carbons (Fsp3) is 0.154. The Morgan fingerprint density at radius 2 is 1.86 bits per heavy atom. The van der Waals surface area contributed by atoms with Crippen molar-refractivity contribution >= 4 is 63.1 Å². The van der Waals surface area contributed by atoms with Crippen molar-refractivity contribution in [2.75, 3.05) is 4.90 Å². The van der Waals surface area contributed by atoms with E-state index in [1.54, 1.807) is 25.1 Å². The van der Waals surface area contributed by atoms with E-state index in [0.717, 1.165) is 5.56 Å². The lowest BCUT2D eigenvalue weighted by molar-refractivity contribution is -0.117. The number of hydrogen-bond donors (Lipinski definition) is 1. The molecule has 3 heterocycles. The van der Waals surface area contributed by atoms with E-state index < -0.39 is 23.5 Å². The van der Waals surface area contributed by atoms with E-state index >= 15 is 0 Å². The number of aromatic nitrogens is 2. The van der Waals surface area contributed by atoms with Crippen LogP contribution in [0.5, 0.6) is 0 Å². The van der Waals surface area contributed by atoms with Crippen molar-refractivity contribution in [3.8, 4) is 0 Å². The smallest absolute Gasteiger partial charge is 0.296 e. The van der Waals surface area contributed by atoms with E-state index in [-0.39, 0.29) is 21.5 Å². The number of aliphatic hydroxyl groups is 1. The Morgan fingerprint density at radius 3 is 2.54 bits per heavy atom. The number of amides is 1. The molecule has 1 unspecified atom stereocenters. The zero-order valence-electron chi connectivity index (χ0n) is 19.6. The van der Waals surface area contributed by atoms with Gasteiger partial charge >= 0.3 is 0 Å². The van der Waals surface area contributed by atoms with E-state index in [4.69, 9.17) is 27.6 Å². The van der Waals surface area contributed by atoms with Crippen LogP contribution < -0.4 is 4.90 Å². The maximum Gasteiger partial charge on any atom is 0.296 e. The van der Waals surface area contributed by atoms with Crippen molar-refractivity contribution < 1.29 is 19.1 Å². The minimum Gasteiger partial charge on any atom is -0.503 e. The lowest BCUT2D eigenvalue weighted by Crippen LogP contribution is -2.31. The molecule has 7 nitrogen and oxygen atoms in total. The van der Waals surface area contributed by atoms with Gasteiger partial charge in [0, 0.05) is 15.8 Å². The van der Waals surface area contributed by atoms with Crippen LogP contribution in [0.1, 0.15) is 39.0 Å². The lowest BCUT2D eigenvalue weighted by atomic mass is 9.95. The Balaban J connectivity index is 1.51. The van der Waals surface area contributed by atoms with Crippen LogP contribution in [0.3, 0.4) is 0 Å². The number of halogens is 2. The second-order valence-corrected chi connectivity index (χ2v) is 11.4. The molecule has 0 spiro atoms. The van der Waals surface area contributed by atoms with Gasteiger partial charge in [-0.15, -0.1) is 10.2 Å². The first-order valence-corrected chi connectivity index (χ1v) is 13.6. The molecule has 1 aliphatic rings. The topological polar surface area (TPSA) is 96.5 Å². The summed E-state index contributed by atoms with van der Waals surface area (Å²) in [6, 6.07) is 15.0. The highest BCUT2D eigenvalue weighted by Crippen LogP contribution is 2.46. The number of hydrogen-bond acceptors (Lipinski definition) is 8. The van der Waals surface area contributed by atoms with Crippen molar-refractivity contribution in [3.05, 3.63) is 104 Å². The molecule has 1 aliphatic heterocycles. The number of aliphatic hydroxyl groups excluding tert-OH is 1. The van der Waals surface area contributed by atoms with Gasteiger partial charge in [0.2, 0.25) is 10.9 Å². The Bertz CT molecular complexity index is 1550. The number of carbonyl (C=O) groups excluding carboxylic acids is 2. The summed E-state index contributed by atoms with van der Waals surface area (Å²) in [6.45, 7) is 3.72. The number of rotatable bonds is 7. The summed E-state index contributed by atoms with van der Waals surface area (Å²) >= 11 is 15.3. The minimum atomic E-state index is -1.06. The third-order valence-corrected chi connectivity index (χ3v) is 8.45. The largest absolute Gasteiger partial charge is 0.503 e. The molecule has 0 saturated heterocycles. The molecule has 37 heavy (non-hydrogen) atoms. The number of aryl methyl sites for hydroxylation is 2. The monoisotopic (exact) mass is 571 g/mol. The Kier molecular flexibility index (Phi) is 7.13. The molecule has 0 radical (unpaired) electrons. The van der Waals surface area contributed by atoms with Crippen molar-refractivity contribution in [3.63, 3.8) is 0 Å². The maximum atomic E-state index is 13.4. The summed E-state index contributed by atoms with van der Waals surface area (Å²) in [4.78, 5) is 28.0. The van der Waals surface area contributed by atoms with E-state index in [1.165, 1.54) is 45.7 Å². The lowest BCUT2D eigenvalue weighted by Gasteiger charge is -2.24. The van der Waals surface area contributed by atoms with Crippen LogP contribution in [0.4, 0.5) is 5.13 Å². The van der Waals surface area contributed by atoms with E-state index in [1.807, 2.05) is 31.2 Å². The zero-order chi connectivity index (χ0) is 26.3. The van der Waals surface area contributed by atoms with Crippen LogP contribution in [-0.4, -0.2) is 27.0 Å². The number of nitrogens with zero attached hydrogens (tertiary/aromatic N) is 3. The van der Waals surface area contributed by atoms with Crippen LogP contribution >= 0.6 is 46.3 Å². The summed E-state index contributed by atoms with van der Waals surface area (Å²) in [5, 5.41) is 20.2. The molecular weight excluding hydrogens is 553 g/mol. The predicted octanol–water partition coefficient (Wildman–Crippen LogP) is 7.13. The molecule has 2 aromatic heterocycles. The van der Waals surface area contributed by atoms with Gasteiger partial charge in [0.25, 0.3) is 5.91 Å². The normalized spacial score (nSPS) is 15.6. The van der Waals surface area contributed by atoms with Crippen molar-refractivity contribution in [2.24, 2.45) is 0 Å². The van der Waals surface area contributed by atoms with Gasteiger partial charge in [0.1, 0.15) is 5.76 Å². The highest BCUT2D eigenvalue weighted by atomic mass is 35.5.